The van der Waals surface area contributed by atoms with Crippen molar-refractivity contribution in [3.63, 3.8) is 0 Å². The summed E-state index contributed by atoms with van der Waals surface area (Å²) in [6, 6.07) is 7.52. The lowest BCUT2D eigenvalue weighted by molar-refractivity contribution is -0.113. The molecule has 0 radical (unpaired) electrons. The van der Waals surface area contributed by atoms with Gasteiger partial charge in [0.05, 0.1) is 5.75 Å². The molecular formula is C11H15NO2S. The SMILES string of the molecule is CSCC(=O)Nc1ccc(CCO)cc1. The number of aliphatic hydroxyl groups is 1. The number of thioether (sulfide) groups is 1. The van der Waals surface area contributed by atoms with Gasteiger partial charge in [-0.15, -0.1) is 0 Å². The van der Waals surface area contributed by atoms with Crippen molar-refractivity contribution >= 4 is 23.4 Å². The molecule has 0 spiro atoms. The number of benzene rings is 1. The van der Waals surface area contributed by atoms with Crippen molar-refractivity contribution in [1.82, 2.24) is 0 Å². The standard InChI is InChI=1S/C11H15NO2S/c1-15-8-11(14)12-10-4-2-9(3-5-10)6-7-13/h2-5,13H,6-8H2,1H3,(H,12,14). The van der Waals surface area contributed by atoms with Crippen molar-refractivity contribution < 1.29 is 9.90 Å². The van der Waals surface area contributed by atoms with Gasteiger partial charge < -0.3 is 10.4 Å². The molecule has 3 nitrogen and oxygen atoms in total. The van der Waals surface area contributed by atoms with Crippen LogP contribution in [0.1, 0.15) is 5.56 Å². The number of rotatable bonds is 5. The predicted octanol–water partition coefficient (Wildman–Crippen LogP) is 1.52. The zero-order valence-electron chi connectivity index (χ0n) is 8.69. The number of amides is 1. The maximum absolute atomic E-state index is 11.3. The molecule has 82 valence electrons. The highest BCUT2D eigenvalue weighted by molar-refractivity contribution is 7.99. The van der Waals surface area contributed by atoms with Gasteiger partial charge in [-0.05, 0) is 30.4 Å². The third kappa shape index (κ3) is 4.36. The fourth-order valence-electron chi connectivity index (χ4n) is 1.21. The quantitative estimate of drug-likeness (QED) is 0.799. The lowest BCUT2D eigenvalue weighted by Gasteiger charge is -2.05. The molecule has 0 aliphatic heterocycles. The van der Waals surface area contributed by atoms with E-state index in [4.69, 9.17) is 5.11 Å². The lowest BCUT2D eigenvalue weighted by Crippen LogP contribution is -2.13. The Labute approximate surface area is 93.9 Å². The summed E-state index contributed by atoms with van der Waals surface area (Å²) in [5, 5.41) is 11.5. The van der Waals surface area contributed by atoms with Crippen LogP contribution in [0.25, 0.3) is 0 Å². The van der Waals surface area contributed by atoms with E-state index in [9.17, 15) is 4.79 Å². The molecule has 1 amide bonds. The molecular weight excluding hydrogens is 210 g/mol. The van der Waals surface area contributed by atoms with Crippen molar-refractivity contribution in [2.75, 3.05) is 23.9 Å². The molecule has 15 heavy (non-hydrogen) atoms. The van der Waals surface area contributed by atoms with Crippen LogP contribution in [0.5, 0.6) is 0 Å². The van der Waals surface area contributed by atoms with Crippen molar-refractivity contribution in [2.45, 2.75) is 6.42 Å². The summed E-state index contributed by atoms with van der Waals surface area (Å²) in [6.45, 7) is 0.151. The van der Waals surface area contributed by atoms with Gasteiger partial charge in [0, 0.05) is 12.3 Å². The number of hydrogen-bond acceptors (Lipinski definition) is 3. The topological polar surface area (TPSA) is 49.3 Å². The molecule has 0 aromatic heterocycles. The molecule has 0 aliphatic carbocycles. The van der Waals surface area contributed by atoms with Gasteiger partial charge in [0.2, 0.25) is 5.91 Å². The summed E-state index contributed by atoms with van der Waals surface area (Å²) < 4.78 is 0. The van der Waals surface area contributed by atoms with Crippen LogP contribution >= 0.6 is 11.8 Å². The van der Waals surface area contributed by atoms with Crippen LogP contribution in [-0.4, -0.2) is 29.6 Å². The Morgan fingerprint density at radius 3 is 2.60 bits per heavy atom. The molecule has 0 aliphatic rings. The molecule has 0 fully saturated rings. The first-order chi connectivity index (χ1) is 7.26. The summed E-state index contributed by atoms with van der Waals surface area (Å²) in [4.78, 5) is 11.3. The van der Waals surface area contributed by atoms with Gasteiger partial charge >= 0.3 is 0 Å². The molecule has 2 N–H and O–H groups in total. The summed E-state index contributed by atoms with van der Waals surface area (Å²) >= 11 is 1.50. The van der Waals surface area contributed by atoms with Gasteiger partial charge in [0.25, 0.3) is 0 Å². The van der Waals surface area contributed by atoms with Crippen LogP contribution in [0.15, 0.2) is 24.3 Å². The molecule has 1 aromatic carbocycles. The maximum atomic E-state index is 11.3. The fourth-order valence-corrected chi connectivity index (χ4v) is 1.55. The Hall–Kier alpha value is -1.00. The van der Waals surface area contributed by atoms with E-state index in [1.54, 1.807) is 0 Å². The van der Waals surface area contributed by atoms with Crippen LogP contribution in [0, 0.1) is 0 Å². The number of carbonyl (C=O) groups is 1. The minimum Gasteiger partial charge on any atom is -0.396 e. The molecule has 0 unspecified atom stereocenters. The van der Waals surface area contributed by atoms with Crippen molar-refractivity contribution in [2.24, 2.45) is 0 Å². The first-order valence-corrected chi connectivity index (χ1v) is 6.14. The second-order valence-electron chi connectivity index (χ2n) is 3.15. The summed E-state index contributed by atoms with van der Waals surface area (Å²) in [5.74, 6) is 0.482. The van der Waals surface area contributed by atoms with Crippen molar-refractivity contribution in [3.8, 4) is 0 Å². The molecule has 4 heteroatoms. The first kappa shape index (κ1) is 12.1. The molecule has 1 aromatic rings. The summed E-state index contributed by atoms with van der Waals surface area (Å²) in [7, 11) is 0. The van der Waals surface area contributed by atoms with Crippen LogP contribution in [0.3, 0.4) is 0 Å². The summed E-state index contributed by atoms with van der Waals surface area (Å²) in [5.41, 5.74) is 1.87. The largest absolute Gasteiger partial charge is 0.396 e. The van der Waals surface area contributed by atoms with E-state index in [-0.39, 0.29) is 12.5 Å². The number of anilines is 1. The molecule has 0 saturated carbocycles. The number of nitrogens with one attached hydrogen (secondary N) is 1. The maximum Gasteiger partial charge on any atom is 0.234 e. The van der Waals surface area contributed by atoms with Crippen molar-refractivity contribution in [3.05, 3.63) is 29.8 Å². The second-order valence-corrected chi connectivity index (χ2v) is 4.02. The third-order valence-corrected chi connectivity index (χ3v) is 2.46. The average molecular weight is 225 g/mol. The van der Waals surface area contributed by atoms with Gasteiger partial charge in [-0.1, -0.05) is 12.1 Å². The Morgan fingerprint density at radius 1 is 1.40 bits per heavy atom. The van der Waals surface area contributed by atoms with E-state index < -0.39 is 0 Å². The normalized spacial score (nSPS) is 10.0. The van der Waals surface area contributed by atoms with Crippen LogP contribution < -0.4 is 5.32 Å². The van der Waals surface area contributed by atoms with Gasteiger partial charge in [0.15, 0.2) is 0 Å². The van der Waals surface area contributed by atoms with Gasteiger partial charge in [-0.3, -0.25) is 4.79 Å². The highest BCUT2D eigenvalue weighted by Gasteiger charge is 2.00. The van der Waals surface area contributed by atoms with Gasteiger partial charge in [-0.2, -0.15) is 11.8 Å². The van der Waals surface area contributed by atoms with Gasteiger partial charge in [0.1, 0.15) is 0 Å². The number of hydrogen-bond donors (Lipinski definition) is 2. The molecule has 1 rings (SSSR count). The number of aliphatic hydroxyl groups excluding tert-OH is 1. The van der Waals surface area contributed by atoms with Crippen LogP contribution in [0.4, 0.5) is 5.69 Å². The monoisotopic (exact) mass is 225 g/mol. The van der Waals surface area contributed by atoms with Gasteiger partial charge in [-0.25, -0.2) is 0 Å². The first-order valence-electron chi connectivity index (χ1n) is 4.75. The Morgan fingerprint density at radius 2 is 2.07 bits per heavy atom. The molecule has 0 heterocycles. The fraction of sp³-hybridized carbons (Fsp3) is 0.364. The highest BCUT2D eigenvalue weighted by Crippen LogP contribution is 2.10. The highest BCUT2D eigenvalue weighted by atomic mass is 32.2. The minimum absolute atomic E-state index is 0.0115. The van der Waals surface area contributed by atoms with E-state index in [1.165, 1.54) is 11.8 Å². The Bertz CT molecular complexity index is 311. The molecule has 0 saturated heterocycles. The predicted molar refractivity (Wildman–Crippen MR) is 64.2 cm³/mol. The van der Waals surface area contributed by atoms with Crippen LogP contribution in [-0.2, 0) is 11.2 Å². The van der Waals surface area contributed by atoms with Crippen molar-refractivity contribution in [1.29, 1.82) is 0 Å². The minimum atomic E-state index is 0.0115. The van der Waals surface area contributed by atoms with E-state index in [1.807, 2.05) is 30.5 Å². The van der Waals surface area contributed by atoms with E-state index in [2.05, 4.69) is 5.32 Å². The Kier molecular flexibility index (Phi) is 5.21. The van der Waals surface area contributed by atoms with Crippen LogP contribution in [0.2, 0.25) is 0 Å². The van der Waals surface area contributed by atoms with E-state index in [0.29, 0.717) is 12.2 Å². The zero-order chi connectivity index (χ0) is 11.1. The second kappa shape index (κ2) is 6.48. The third-order valence-electron chi connectivity index (χ3n) is 1.91. The lowest BCUT2D eigenvalue weighted by atomic mass is 10.1. The average Bonchev–Trinajstić information content (AvgIpc) is 2.22. The molecule has 0 bridgehead atoms. The molecule has 0 atom stereocenters. The smallest absolute Gasteiger partial charge is 0.234 e. The summed E-state index contributed by atoms with van der Waals surface area (Å²) in [6.07, 6.45) is 2.54. The number of carbonyl (C=O) groups excluding carboxylic acids is 1. The van der Waals surface area contributed by atoms with E-state index >= 15 is 0 Å². The van der Waals surface area contributed by atoms with E-state index in [0.717, 1.165) is 11.3 Å². The Balaban J connectivity index is 2.52. The zero-order valence-corrected chi connectivity index (χ0v) is 9.51.